The Balaban J connectivity index is 1.83. The molecule has 0 spiro atoms. The summed E-state index contributed by atoms with van der Waals surface area (Å²) in [6.07, 6.45) is -2.30. The molecule has 12 heteroatoms. The second-order valence-corrected chi connectivity index (χ2v) is 10.8. The summed E-state index contributed by atoms with van der Waals surface area (Å²) >= 11 is 1.08. The number of piperazine rings is 1. The highest BCUT2D eigenvalue weighted by Gasteiger charge is 2.52. The van der Waals surface area contributed by atoms with Gasteiger partial charge in [0.1, 0.15) is 4.21 Å². The summed E-state index contributed by atoms with van der Waals surface area (Å²) in [5.41, 5.74) is -2.48. The van der Waals surface area contributed by atoms with Gasteiger partial charge in [0.2, 0.25) is 0 Å². The number of aliphatic hydroxyl groups is 1. The molecule has 0 aromatic carbocycles. The van der Waals surface area contributed by atoms with Crippen LogP contribution in [0.2, 0.25) is 0 Å². The van der Waals surface area contributed by atoms with Crippen LogP contribution in [0.4, 0.5) is 13.2 Å². The SMILES string of the molecule is CC(O)(C1=CC=C(N2CCN(S(=O)(=O)c3cccs3)CC2CC(=O)O)CC1)C(F)(F)F. The van der Waals surface area contributed by atoms with Crippen LogP contribution < -0.4 is 0 Å². The first-order chi connectivity index (χ1) is 14.3. The Morgan fingerprint density at radius 3 is 2.48 bits per heavy atom. The number of rotatable bonds is 6. The lowest BCUT2D eigenvalue weighted by Gasteiger charge is -2.43. The Kier molecular flexibility index (Phi) is 6.57. The third-order valence-electron chi connectivity index (χ3n) is 5.62. The van der Waals surface area contributed by atoms with Gasteiger partial charge < -0.3 is 15.1 Å². The molecule has 2 aliphatic rings. The molecule has 1 aromatic heterocycles. The smallest absolute Gasteiger partial charge is 0.420 e. The highest BCUT2D eigenvalue weighted by atomic mass is 32.2. The first-order valence-electron chi connectivity index (χ1n) is 9.55. The Labute approximate surface area is 182 Å². The summed E-state index contributed by atoms with van der Waals surface area (Å²) < 4.78 is 66.4. The van der Waals surface area contributed by atoms with E-state index < -0.39 is 33.8 Å². The lowest BCUT2D eigenvalue weighted by atomic mass is 9.87. The highest BCUT2D eigenvalue weighted by molar-refractivity contribution is 7.91. The molecule has 0 radical (unpaired) electrons. The maximum absolute atomic E-state index is 13.1. The first-order valence-corrected chi connectivity index (χ1v) is 11.9. The summed E-state index contributed by atoms with van der Waals surface area (Å²) in [5.74, 6) is -1.10. The third kappa shape index (κ3) is 4.81. The number of nitrogens with zero attached hydrogens (tertiary/aromatic N) is 2. The largest absolute Gasteiger partial charge is 0.481 e. The molecule has 1 aromatic rings. The Bertz CT molecular complexity index is 985. The summed E-state index contributed by atoms with van der Waals surface area (Å²) in [7, 11) is -3.74. The summed E-state index contributed by atoms with van der Waals surface area (Å²) in [4.78, 5) is 13.1. The van der Waals surface area contributed by atoms with Crippen molar-refractivity contribution in [2.45, 2.75) is 48.2 Å². The molecule has 2 heterocycles. The molecular weight excluding hydrogens is 457 g/mol. The minimum atomic E-state index is -4.81. The van der Waals surface area contributed by atoms with Crippen LogP contribution in [0.5, 0.6) is 0 Å². The van der Waals surface area contributed by atoms with E-state index in [2.05, 4.69) is 0 Å². The van der Waals surface area contributed by atoms with Crippen molar-refractivity contribution >= 4 is 27.3 Å². The number of hydrogen-bond acceptors (Lipinski definition) is 6. The van der Waals surface area contributed by atoms with Gasteiger partial charge in [0, 0.05) is 25.3 Å². The fraction of sp³-hybridized carbons (Fsp3) is 0.526. The minimum absolute atomic E-state index is 0.0359. The Morgan fingerprint density at radius 2 is 1.97 bits per heavy atom. The van der Waals surface area contributed by atoms with E-state index >= 15 is 0 Å². The second kappa shape index (κ2) is 8.57. The molecular formula is C19H23F3N2O5S2. The van der Waals surface area contributed by atoms with Gasteiger partial charge in [-0.15, -0.1) is 11.3 Å². The van der Waals surface area contributed by atoms with E-state index in [9.17, 15) is 36.6 Å². The fourth-order valence-electron chi connectivity index (χ4n) is 3.79. The molecule has 7 nitrogen and oxygen atoms in total. The molecule has 1 aliphatic carbocycles. The molecule has 0 bridgehead atoms. The first kappa shape index (κ1) is 23.8. The van der Waals surface area contributed by atoms with E-state index in [1.165, 1.54) is 22.5 Å². The van der Waals surface area contributed by atoms with Crippen molar-refractivity contribution in [2.75, 3.05) is 19.6 Å². The maximum Gasteiger partial charge on any atom is 0.420 e. The number of aliphatic carboxylic acids is 1. The average Bonchev–Trinajstić information content (AvgIpc) is 3.22. The van der Waals surface area contributed by atoms with Crippen LogP contribution in [-0.2, 0) is 14.8 Å². The standard InChI is InChI=1S/C19H23F3N2O5S2/c1-18(27,19(20,21)22)13-4-6-14(7-5-13)24-9-8-23(12-15(24)11-16(25)26)31(28,29)17-3-2-10-30-17/h2-4,6,10,15,27H,5,7-9,11-12H2,1H3,(H,25,26). The Hall–Kier alpha value is -1.89. The van der Waals surface area contributed by atoms with Crippen molar-refractivity contribution in [1.29, 1.82) is 0 Å². The van der Waals surface area contributed by atoms with Gasteiger partial charge in [0.25, 0.3) is 10.0 Å². The number of sulfonamides is 1. The van der Waals surface area contributed by atoms with E-state index in [0.717, 1.165) is 11.3 Å². The van der Waals surface area contributed by atoms with Crippen LogP contribution in [0.3, 0.4) is 0 Å². The van der Waals surface area contributed by atoms with Gasteiger partial charge in [0.15, 0.2) is 5.60 Å². The van der Waals surface area contributed by atoms with Crippen molar-refractivity contribution < 1.29 is 36.6 Å². The molecule has 0 amide bonds. The van der Waals surface area contributed by atoms with Crippen molar-refractivity contribution in [1.82, 2.24) is 9.21 Å². The van der Waals surface area contributed by atoms with Gasteiger partial charge >= 0.3 is 12.1 Å². The van der Waals surface area contributed by atoms with E-state index in [0.29, 0.717) is 12.6 Å². The van der Waals surface area contributed by atoms with E-state index in [4.69, 9.17) is 0 Å². The summed E-state index contributed by atoms with van der Waals surface area (Å²) in [6, 6.07) is 2.45. The number of carbonyl (C=O) groups is 1. The van der Waals surface area contributed by atoms with E-state index in [1.54, 1.807) is 16.3 Å². The van der Waals surface area contributed by atoms with Crippen molar-refractivity contribution in [2.24, 2.45) is 0 Å². The van der Waals surface area contributed by atoms with Gasteiger partial charge in [-0.05, 0) is 42.9 Å². The van der Waals surface area contributed by atoms with Gasteiger partial charge in [0.05, 0.1) is 12.5 Å². The van der Waals surface area contributed by atoms with Crippen LogP contribution in [0, 0.1) is 0 Å². The van der Waals surface area contributed by atoms with Crippen molar-refractivity contribution in [3.05, 3.63) is 40.9 Å². The van der Waals surface area contributed by atoms with Crippen LogP contribution in [0.25, 0.3) is 0 Å². The summed E-state index contributed by atoms with van der Waals surface area (Å²) in [5, 5.41) is 20.8. The molecule has 1 saturated heterocycles. The fourth-order valence-corrected chi connectivity index (χ4v) is 6.40. The zero-order valence-corrected chi connectivity index (χ0v) is 18.3. The zero-order valence-electron chi connectivity index (χ0n) is 16.7. The Morgan fingerprint density at radius 1 is 1.26 bits per heavy atom. The molecule has 2 N–H and O–H groups in total. The molecule has 1 fully saturated rings. The number of halogens is 3. The topological polar surface area (TPSA) is 98.2 Å². The highest BCUT2D eigenvalue weighted by Crippen LogP contribution is 2.40. The van der Waals surface area contributed by atoms with E-state index in [-0.39, 0.29) is 48.7 Å². The maximum atomic E-state index is 13.1. The number of carboxylic acids is 1. The number of carboxylic acid groups (broad SMARTS) is 1. The lowest BCUT2D eigenvalue weighted by Crippen LogP contribution is -2.54. The van der Waals surface area contributed by atoms with Crippen molar-refractivity contribution in [3.8, 4) is 0 Å². The van der Waals surface area contributed by atoms with Gasteiger partial charge in [-0.2, -0.15) is 17.5 Å². The zero-order chi connectivity index (χ0) is 23.0. The van der Waals surface area contributed by atoms with Crippen LogP contribution in [0.1, 0.15) is 26.2 Å². The molecule has 1 aliphatic heterocycles. The third-order valence-corrected chi connectivity index (χ3v) is 8.86. The molecule has 172 valence electrons. The molecule has 31 heavy (non-hydrogen) atoms. The summed E-state index contributed by atoms with van der Waals surface area (Å²) in [6.45, 7) is 1.01. The van der Waals surface area contributed by atoms with Gasteiger partial charge in [-0.1, -0.05) is 12.1 Å². The van der Waals surface area contributed by atoms with E-state index in [1.807, 2.05) is 0 Å². The molecule has 2 unspecified atom stereocenters. The lowest BCUT2D eigenvalue weighted by molar-refractivity contribution is -0.237. The predicted molar refractivity (Wildman–Crippen MR) is 108 cm³/mol. The number of alkyl halides is 3. The van der Waals surface area contributed by atoms with Crippen LogP contribution >= 0.6 is 11.3 Å². The second-order valence-electron chi connectivity index (χ2n) is 7.66. The molecule has 3 rings (SSSR count). The van der Waals surface area contributed by atoms with Crippen LogP contribution in [-0.4, -0.2) is 71.3 Å². The van der Waals surface area contributed by atoms with Gasteiger partial charge in [-0.25, -0.2) is 8.42 Å². The number of thiophene rings is 1. The quantitative estimate of drug-likeness (QED) is 0.650. The predicted octanol–water partition coefficient (Wildman–Crippen LogP) is 2.82. The minimum Gasteiger partial charge on any atom is -0.481 e. The number of hydrogen-bond donors (Lipinski definition) is 2. The average molecular weight is 481 g/mol. The van der Waals surface area contributed by atoms with Crippen molar-refractivity contribution in [3.63, 3.8) is 0 Å². The normalized spacial score (nSPS) is 23.1. The number of allylic oxidation sites excluding steroid dienone is 3. The molecule has 2 atom stereocenters. The molecule has 0 saturated carbocycles. The van der Waals surface area contributed by atoms with Gasteiger partial charge in [-0.3, -0.25) is 4.79 Å². The monoisotopic (exact) mass is 480 g/mol. The van der Waals surface area contributed by atoms with Crippen LogP contribution in [0.15, 0.2) is 45.1 Å².